The summed E-state index contributed by atoms with van der Waals surface area (Å²) in [7, 11) is 0. The second-order valence-electron chi connectivity index (χ2n) is 3.07. The maximum absolute atomic E-state index is 5.14. The molecule has 5 heteroatoms. The number of hydrogen-bond acceptors (Lipinski definition) is 5. The van der Waals surface area contributed by atoms with E-state index in [0.29, 0.717) is 31.1 Å². The Morgan fingerprint density at radius 3 is 3.15 bits per heavy atom. The van der Waals surface area contributed by atoms with Gasteiger partial charge in [0.05, 0.1) is 0 Å². The van der Waals surface area contributed by atoms with Crippen LogP contribution in [0.1, 0.15) is 25.6 Å². The first-order chi connectivity index (χ1) is 6.38. The van der Waals surface area contributed by atoms with E-state index in [1.807, 2.05) is 6.92 Å². The first-order valence-electron chi connectivity index (χ1n) is 4.55. The lowest BCUT2D eigenvalue weighted by Crippen LogP contribution is -2.01. The van der Waals surface area contributed by atoms with E-state index in [1.165, 1.54) is 12.8 Å². The van der Waals surface area contributed by atoms with Crippen molar-refractivity contribution < 1.29 is 9.26 Å². The largest absolute Gasteiger partial charge is 0.374 e. The predicted octanol–water partition coefficient (Wildman–Crippen LogP) is 1.18. The van der Waals surface area contributed by atoms with E-state index in [0.717, 1.165) is 0 Å². The molecule has 0 saturated heterocycles. The fourth-order valence-electron chi connectivity index (χ4n) is 0.967. The summed E-state index contributed by atoms with van der Waals surface area (Å²) in [5.41, 5.74) is 0. The zero-order valence-electron chi connectivity index (χ0n) is 7.62. The third-order valence-electron chi connectivity index (χ3n) is 1.81. The monoisotopic (exact) mass is 183 g/mol. The lowest BCUT2D eigenvalue weighted by molar-refractivity contribution is 0.126. The second-order valence-corrected chi connectivity index (χ2v) is 3.07. The Kier molecular flexibility index (Phi) is 2.44. The van der Waals surface area contributed by atoms with Crippen LogP contribution in [-0.2, 0) is 11.3 Å². The van der Waals surface area contributed by atoms with Crippen LogP contribution in [0.25, 0.3) is 0 Å². The normalized spacial score (nSPS) is 16.1. The molecule has 0 bridgehead atoms. The summed E-state index contributed by atoms with van der Waals surface area (Å²) in [6.45, 7) is 3.02. The summed E-state index contributed by atoms with van der Waals surface area (Å²) in [5.74, 6) is 0.602. The van der Waals surface area contributed by atoms with Crippen LogP contribution < -0.4 is 5.32 Å². The van der Waals surface area contributed by atoms with E-state index < -0.39 is 0 Å². The molecule has 13 heavy (non-hydrogen) atoms. The molecule has 1 aliphatic rings. The molecule has 1 aromatic heterocycles. The van der Waals surface area contributed by atoms with Crippen molar-refractivity contribution >= 4 is 6.01 Å². The van der Waals surface area contributed by atoms with Crippen molar-refractivity contribution in [3.05, 3.63) is 5.82 Å². The maximum Gasteiger partial charge on any atom is 0.321 e. The molecular formula is C8H13N3O2. The molecular weight excluding hydrogens is 170 g/mol. The Bertz CT molecular complexity index is 270. The zero-order valence-corrected chi connectivity index (χ0v) is 7.62. The Morgan fingerprint density at radius 1 is 1.62 bits per heavy atom. The first kappa shape index (κ1) is 8.50. The van der Waals surface area contributed by atoms with Crippen molar-refractivity contribution in [1.29, 1.82) is 0 Å². The summed E-state index contributed by atoms with van der Waals surface area (Å²) in [4.78, 5) is 4.11. The van der Waals surface area contributed by atoms with E-state index in [-0.39, 0.29) is 0 Å². The molecule has 0 atom stereocenters. The van der Waals surface area contributed by atoms with E-state index in [1.54, 1.807) is 0 Å². The fourth-order valence-corrected chi connectivity index (χ4v) is 0.967. The van der Waals surface area contributed by atoms with Gasteiger partial charge in [0.25, 0.3) is 0 Å². The summed E-state index contributed by atoms with van der Waals surface area (Å²) in [5, 5.41) is 6.88. The quantitative estimate of drug-likeness (QED) is 0.742. The standard InChI is InChI=1S/C8H13N3O2/c1-2-12-5-7-10-8(13-11-7)9-6-3-4-6/h6H,2-5H2,1H3,(H,9,10,11). The number of aromatic nitrogens is 2. The van der Waals surface area contributed by atoms with Crippen LogP contribution in [0.15, 0.2) is 4.52 Å². The first-order valence-corrected chi connectivity index (χ1v) is 4.55. The van der Waals surface area contributed by atoms with Gasteiger partial charge in [0.2, 0.25) is 0 Å². The summed E-state index contributed by atoms with van der Waals surface area (Å²) < 4.78 is 10.1. The molecule has 72 valence electrons. The van der Waals surface area contributed by atoms with Crippen molar-refractivity contribution in [2.45, 2.75) is 32.4 Å². The SMILES string of the molecule is CCOCc1noc(NC2CC2)n1. The third-order valence-corrected chi connectivity index (χ3v) is 1.81. The molecule has 0 amide bonds. The van der Waals surface area contributed by atoms with Gasteiger partial charge in [-0.1, -0.05) is 5.16 Å². The molecule has 5 nitrogen and oxygen atoms in total. The average Bonchev–Trinajstić information content (AvgIpc) is 2.81. The third kappa shape index (κ3) is 2.42. The Hall–Kier alpha value is -1.10. The number of anilines is 1. The highest BCUT2D eigenvalue weighted by molar-refractivity contribution is 5.23. The number of nitrogens with one attached hydrogen (secondary N) is 1. The fraction of sp³-hybridized carbons (Fsp3) is 0.750. The molecule has 1 aromatic rings. The Balaban J connectivity index is 1.84. The molecule has 0 unspecified atom stereocenters. The topological polar surface area (TPSA) is 60.2 Å². The summed E-state index contributed by atoms with van der Waals surface area (Å²) >= 11 is 0. The molecule has 0 radical (unpaired) electrons. The van der Waals surface area contributed by atoms with Gasteiger partial charge in [-0.25, -0.2) is 0 Å². The van der Waals surface area contributed by atoms with Gasteiger partial charge in [0, 0.05) is 12.6 Å². The van der Waals surface area contributed by atoms with Gasteiger partial charge in [0.15, 0.2) is 5.82 Å². The zero-order chi connectivity index (χ0) is 9.10. The molecule has 1 fully saturated rings. The molecule has 1 heterocycles. The van der Waals surface area contributed by atoms with Gasteiger partial charge in [-0.3, -0.25) is 0 Å². The highest BCUT2D eigenvalue weighted by atomic mass is 16.5. The lowest BCUT2D eigenvalue weighted by atomic mass is 10.6. The van der Waals surface area contributed by atoms with Crippen LogP contribution in [0.5, 0.6) is 0 Å². The van der Waals surface area contributed by atoms with Crippen LogP contribution in [0.3, 0.4) is 0 Å². The summed E-state index contributed by atoms with van der Waals surface area (Å²) in [6.07, 6.45) is 2.40. The highest BCUT2D eigenvalue weighted by Gasteiger charge is 2.23. The Labute approximate surface area is 76.5 Å². The van der Waals surface area contributed by atoms with Gasteiger partial charge < -0.3 is 14.6 Å². The van der Waals surface area contributed by atoms with Crippen molar-refractivity contribution in [3.63, 3.8) is 0 Å². The van der Waals surface area contributed by atoms with Crippen molar-refractivity contribution in [3.8, 4) is 0 Å². The minimum atomic E-state index is 0.423. The predicted molar refractivity (Wildman–Crippen MR) is 46.3 cm³/mol. The smallest absolute Gasteiger partial charge is 0.321 e. The highest BCUT2D eigenvalue weighted by Crippen LogP contribution is 2.23. The molecule has 0 spiro atoms. The van der Waals surface area contributed by atoms with Gasteiger partial charge in [-0.15, -0.1) is 0 Å². The van der Waals surface area contributed by atoms with Crippen LogP contribution in [-0.4, -0.2) is 22.8 Å². The van der Waals surface area contributed by atoms with Crippen molar-refractivity contribution in [2.75, 3.05) is 11.9 Å². The number of nitrogens with zero attached hydrogens (tertiary/aromatic N) is 2. The van der Waals surface area contributed by atoms with Crippen LogP contribution >= 0.6 is 0 Å². The van der Waals surface area contributed by atoms with Crippen LogP contribution in [0.2, 0.25) is 0 Å². The number of hydrogen-bond donors (Lipinski definition) is 1. The maximum atomic E-state index is 5.14. The van der Waals surface area contributed by atoms with Crippen LogP contribution in [0.4, 0.5) is 6.01 Å². The van der Waals surface area contributed by atoms with E-state index in [2.05, 4.69) is 15.5 Å². The van der Waals surface area contributed by atoms with Gasteiger partial charge in [-0.2, -0.15) is 4.98 Å². The minimum absolute atomic E-state index is 0.423. The van der Waals surface area contributed by atoms with E-state index in [4.69, 9.17) is 9.26 Å². The molecule has 1 saturated carbocycles. The average molecular weight is 183 g/mol. The van der Waals surface area contributed by atoms with Gasteiger partial charge in [-0.05, 0) is 19.8 Å². The van der Waals surface area contributed by atoms with Crippen molar-refractivity contribution in [1.82, 2.24) is 10.1 Å². The number of ether oxygens (including phenoxy) is 1. The molecule has 0 aromatic carbocycles. The lowest BCUT2D eigenvalue weighted by Gasteiger charge is -1.93. The molecule has 1 aliphatic carbocycles. The molecule has 2 rings (SSSR count). The number of rotatable bonds is 5. The van der Waals surface area contributed by atoms with Gasteiger partial charge >= 0.3 is 6.01 Å². The van der Waals surface area contributed by atoms with Gasteiger partial charge in [0.1, 0.15) is 6.61 Å². The Morgan fingerprint density at radius 2 is 2.46 bits per heavy atom. The second kappa shape index (κ2) is 3.74. The molecule has 0 aliphatic heterocycles. The van der Waals surface area contributed by atoms with Crippen molar-refractivity contribution in [2.24, 2.45) is 0 Å². The molecule has 1 N–H and O–H groups in total. The van der Waals surface area contributed by atoms with Crippen LogP contribution in [0, 0.1) is 0 Å². The summed E-state index contributed by atoms with van der Waals surface area (Å²) in [6, 6.07) is 1.05. The van der Waals surface area contributed by atoms with E-state index in [9.17, 15) is 0 Å². The minimum Gasteiger partial charge on any atom is -0.374 e. The van der Waals surface area contributed by atoms with E-state index >= 15 is 0 Å².